The number of halogens is 1. The van der Waals surface area contributed by atoms with E-state index in [1.165, 1.54) is 0 Å². The van der Waals surface area contributed by atoms with Crippen LogP contribution in [0.4, 0.5) is 5.69 Å². The van der Waals surface area contributed by atoms with Crippen LogP contribution in [0, 0.1) is 5.92 Å². The molecule has 2 aromatic carbocycles. The van der Waals surface area contributed by atoms with Gasteiger partial charge in [0.05, 0.1) is 6.54 Å². The Balaban J connectivity index is 1.13. The molecule has 8 nitrogen and oxygen atoms in total. The zero-order valence-corrected chi connectivity index (χ0v) is 18.2. The molecule has 1 aromatic heterocycles. The van der Waals surface area contributed by atoms with Gasteiger partial charge in [-0.1, -0.05) is 28.9 Å². The number of anilines is 1. The minimum absolute atomic E-state index is 0.0300. The van der Waals surface area contributed by atoms with Crippen LogP contribution >= 0.6 is 11.6 Å². The van der Waals surface area contributed by atoms with Crippen molar-refractivity contribution >= 4 is 23.2 Å². The smallest absolute Gasteiger partial charge is 0.241 e. The first-order valence-corrected chi connectivity index (χ1v) is 11.0. The molecule has 1 saturated heterocycles. The van der Waals surface area contributed by atoms with Crippen LogP contribution in [0.3, 0.4) is 0 Å². The Labute approximate surface area is 190 Å². The summed E-state index contributed by atoms with van der Waals surface area (Å²) < 4.78 is 16.5. The molecule has 166 valence electrons. The van der Waals surface area contributed by atoms with E-state index in [0.29, 0.717) is 48.0 Å². The third kappa shape index (κ3) is 4.71. The number of nitrogens with zero attached hydrogens (tertiary/aromatic N) is 3. The van der Waals surface area contributed by atoms with Crippen LogP contribution in [0.1, 0.15) is 18.7 Å². The molecule has 2 aliphatic heterocycles. The first-order valence-electron chi connectivity index (χ1n) is 10.7. The van der Waals surface area contributed by atoms with Gasteiger partial charge >= 0.3 is 0 Å². The summed E-state index contributed by atoms with van der Waals surface area (Å²) in [5, 5.41) is 7.70. The normalized spacial score (nSPS) is 16.7. The van der Waals surface area contributed by atoms with Crippen LogP contribution in [-0.2, 0) is 11.3 Å². The van der Waals surface area contributed by atoms with Crippen molar-refractivity contribution in [3.05, 3.63) is 53.4 Å². The highest BCUT2D eigenvalue weighted by Crippen LogP contribution is 2.33. The second kappa shape index (κ2) is 9.18. The van der Waals surface area contributed by atoms with Crippen molar-refractivity contribution in [2.24, 2.45) is 5.92 Å². The quantitative estimate of drug-likeness (QED) is 0.622. The number of likely N-dealkylation sites (tertiary alicyclic amines) is 1. The van der Waals surface area contributed by atoms with Crippen molar-refractivity contribution in [1.82, 2.24) is 15.0 Å². The lowest BCUT2D eigenvalue weighted by Crippen LogP contribution is -2.37. The molecule has 3 heterocycles. The number of carbonyl (C=O) groups excluding carboxylic acids is 1. The van der Waals surface area contributed by atoms with Gasteiger partial charge in [-0.25, -0.2) is 0 Å². The van der Waals surface area contributed by atoms with Crippen LogP contribution in [0.25, 0.3) is 11.4 Å². The van der Waals surface area contributed by atoms with E-state index in [0.717, 1.165) is 37.2 Å². The van der Waals surface area contributed by atoms with Crippen molar-refractivity contribution in [2.45, 2.75) is 19.4 Å². The first-order chi connectivity index (χ1) is 15.6. The summed E-state index contributed by atoms with van der Waals surface area (Å²) >= 11 is 6.04. The van der Waals surface area contributed by atoms with Crippen molar-refractivity contribution in [3.8, 4) is 22.9 Å². The number of amides is 1. The highest BCUT2D eigenvalue weighted by atomic mass is 35.5. The first kappa shape index (κ1) is 20.8. The molecule has 5 rings (SSSR count). The molecular formula is C23H23ClN4O4. The lowest BCUT2D eigenvalue weighted by atomic mass is 9.96. The second-order valence-electron chi connectivity index (χ2n) is 7.92. The van der Waals surface area contributed by atoms with Crippen molar-refractivity contribution in [2.75, 3.05) is 31.6 Å². The molecule has 0 bridgehead atoms. The maximum absolute atomic E-state index is 12.7. The number of rotatable bonds is 5. The predicted octanol–water partition coefficient (Wildman–Crippen LogP) is 4.01. The lowest BCUT2D eigenvalue weighted by Gasteiger charge is -2.30. The second-order valence-corrected chi connectivity index (χ2v) is 8.36. The summed E-state index contributed by atoms with van der Waals surface area (Å²) in [5.74, 6) is 2.45. The fourth-order valence-electron chi connectivity index (χ4n) is 3.97. The Hall–Kier alpha value is -3.10. The van der Waals surface area contributed by atoms with Crippen molar-refractivity contribution in [3.63, 3.8) is 0 Å². The van der Waals surface area contributed by atoms with Gasteiger partial charge in [0.25, 0.3) is 0 Å². The van der Waals surface area contributed by atoms with E-state index in [-0.39, 0.29) is 11.8 Å². The molecule has 1 N–H and O–H groups in total. The van der Waals surface area contributed by atoms with Crippen LogP contribution in [0.2, 0.25) is 5.02 Å². The van der Waals surface area contributed by atoms with Gasteiger partial charge in [0, 0.05) is 28.3 Å². The predicted molar refractivity (Wildman–Crippen MR) is 119 cm³/mol. The van der Waals surface area contributed by atoms with Crippen LogP contribution < -0.4 is 14.8 Å². The zero-order valence-electron chi connectivity index (χ0n) is 17.4. The highest BCUT2D eigenvalue weighted by Gasteiger charge is 2.26. The SMILES string of the molecule is O=C(Nc1ccc2c(c1)OCCO2)C1CCN(Cc2nc(-c3cccc(Cl)c3)no2)CC1. The lowest BCUT2D eigenvalue weighted by molar-refractivity contribution is -0.121. The monoisotopic (exact) mass is 454 g/mol. The molecule has 9 heteroatoms. The Morgan fingerprint density at radius 3 is 2.72 bits per heavy atom. The molecule has 0 atom stereocenters. The van der Waals surface area contributed by atoms with Crippen molar-refractivity contribution in [1.29, 1.82) is 0 Å². The van der Waals surface area contributed by atoms with E-state index in [9.17, 15) is 4.79 Å². The molecule has 3 aromatic rings. The van der Waals surface area contributed by atoms with E-state index in [2.05, 4.69) is 20.4 Å². The van der Waals surface area contributed by atoms with Gasteiger partial charge in [0.1, 0.15) is 13.2 Å². The minimum atomic E-state index is -0.0378. The number of aromatic nitrogens is 2. The summed E-state index contributed by atoms with van der Waals surface area (Å²) in [4.78, 5) is 19.4. The average Bonchev–Trinajstić information content (AvgIpc) is 3.28. The maximum Gasteiger partial charge on any atom is 0.241 e. The Kier molecular flexibility index (Phi) is 5.96. The summed E-state index contributed by atoms with van der Waals surface area (Å²) in [6, 6.07) is 12.8. The summed E-state index contributed by atoms with van der Waals surface area (Å²) in [6.45, 7) is 3.19. The van der Waals surface area contributed by atoms with Gasteiger partial charge in [-0.15, -0.1) is 0 Å². The van der Waals surface area contributed by atoms with E-state index in [1.807, 2.05) is 36.4 Å². The minimum Gasteiger partial charge on any atom is -0.486 e. The fourth-order valence-corrected chi connectivity index (χ4v) is 4.16. The standard InChI is InChI=1S/C23H23ClN4O4/c24-17-3-1-2-16(12-17)22-26-21(32-27-22)14-28-8-6-15(7-9-28)23(29)25-18-4-5-19-20(13-18)31-11-10-30-19/h1-5,12-13,15H,6-11,14H2,(H,25,29). The van der Waals surface area contributed by atoms with Crippen LogP contribution in [-0.4, -0.2) is 47.3 Å². The van der Waals surface area contributed by atoms with Crippen LogP contribution in [0.15, 0.2) is 47.0 Å². The Morgan fingerprint density at radius 2 is 1.91 bits per heavy atom. The molecular weight excluding hydrogens is 432 g/mol. The van der Waals surface area contributed by atoms with Gasteiger partial charge in [-0.2, -0.15) is 4.98 Å². The molecule has 0 unspecified atom stereocenters. The number of hydrogen-bond donors (Lipinski definition) is 1. The largest absolute Gasteiger partial charge is 0.486 e. The molecule has 1 amide bonds. The van der Waals surface area contributed by atoms with Gasteiger partial charge in [-0.05, 0) is 50.2 Å². The number of benzene rings is 2. The molecule has 1 fully saturated rings. The van der Waals surface area contributed by atoms with Gasteiger partial charge in [-0.3, -0.25) is 9.69 Å². The Morgan fingerprint density at radius 1 is 1.09 bits per heavy atom. The van der Waals surface area contributed by atoms with Gasteiger partial charge in [0.15, 0.2) is 11.5 Å². The van der Waals surface area contributed by atoms with Crippen LogP contribution in [0.5, 0.6) is 11.5 Å². The van der Waals surface area contributed by atoms with E-state index in [4.69, 9.17) is 25.6 Å². The molecule has 0 radical (unpaired) electrons. The molecule has 0 saturated carbocycles. The topological polar surface area (TPSA) is 89.7 Å². The summed E-state index contributed by atoms with van der Waals surface area (Å²) in [7, 11) is 0. The number of ether oxygens (including phenoxy) is 2. The average molecular weight is 455 g/mol. The number of nitrogens with one attached hydrogen (secondary N) is 1. The zero-order chi connectivity index (χ0) is 21.9. The van der Waals surface area contributed by atoms with Crippen molar-refractivity contribution < 1.29 is 18.8 Å². The maximum atomic E-state index is 12.7. The number of carbonyl (C=O) groups is 1. The van der Waals surface area contributed by atoms with E-state index in [1.54, 1.807) is 6.07 Å². The van der Waals surface area contributed by atoms with E-state index >= 15 is 0 Å². The molecule has 0 spiro atoms. The number of fused-ring (bicyclic) bond motifs is 1. The third-order valence-corrected chi connectivity index (χ3v) is 5.91. The molecule has 32 heavy (non-hydrogen) atoms. The van der Waals surface area contributed by atoms with Gasteiger partial charge in [0.2, 0.25) is 17.6 Å². The highest BCUT2D eigenvalue weighted by molar-refractivity contribution is 6.30. The number of piperidine rings is 1. The third-order valence-electron chi connectivity index (χ3n) is 5.68. The van der Waals surface area contributed by atoms with Gasteiger partial charge < -0.3 is 19.3 Å². The summed E-state index contributed by atoms with van der Waals surface area (Å²) in [5.41, 5.74) is 1.54. The molecule has 0 aliphatic carbocycles. The molecule has 2 aliphatic rings. The fraction of sp³-hybridized carbons (Fsp3) is 0.348. The summed E-state index contributed by atoms with van der Waals surface area (Å²) in [6.07, 6.45) is 1.54. The van der Waals surface area contributed by atoms with E-state index < -0.39 is 0 Å². The number of hydrogen-bond acceptors (Lipinski definition) is 7. The Bertz CT molecular complexity index is 1110.